The first-order valence-electron chi connectivity index (χ1n) is 11.8. The van der Waals surface area contributed by atoms with E-state index in [1.54, 1.807) is 60.7 Å². The van der Waals surface area contributed by atoms with Crippen molar-refractivity contribution in [2.75, 3.05) is 6.61 Å². The molecule has 202 valence electrons. The number of benzene rings is 2. The van der Waals surface area contributed by atoms with Crippen LogP contribution in [0.5, 0.6) is 0 Å². The van der Waals surface area contributed by atoms with Gasteiger partial charge in [-0.15, -0.1) is 0 Å². The van der Waals surface area contributed by atoms with Crippen LogP contribution in [0.4, 0.5) is 0 Å². The van der Waals surface area contributed by atoms with E-state index < -0.39 is 73.3 Å². The molecule has 2 aliphatic heterocycles. The largest absolute Gasteiger partial charge is 0.509 e. The molecule has 2 aromatic rings. The molecule has 10 atom stereocenters. The third-order valence-corrected chi connectivity index (χ3v) is 6.73. The molecule has 0 amide bonds. The lowest BCUT2D eigenvalue weighted by Crippen LogP contribution is -2.69. The van der Waals surface area contributed by atoms with Gasteiger partial charge in [0.1, 0.15) is 54.1 Å². The van der Waals surface area contributed by atoms with Crippen molar-refractivity contribution in [1.82, 2.24) is 0 Å². The Hall–Kier alpha value is -2.42. The van der Waals surface area contributed by atoms with E-state index in [2.05, 4.69) is 0 Å². The number of hydrogen-bond donors (Lipinski definition) is 8. The molecule has 37 heavy (non-hydrogen) atoms. The number of aliphatic hydroxyl groups excluding tert-OH is 7. The highest BCUT2D eigenvalue weighted by Gasteiger charge is 2.57. The summed E-state index contributed by atoms with van der Waals surface area (Å²) in [5.41, 5.74) is -0.920. The lowest BCUT2D eigenvalue weighted by atomic mass is 9.79. The topological polar surface area (TPSA) is 190 Å². The summed E-state index contributed by atoms with van der Waals surface area (Å²) in [5.74, 6) is -0.466. The number of aliphatic hydroxyl groups is 8. The van der Waals surface area contributed by atoms with Crippen LogP contribution in [-0.4, -0.2) is 108 Å². The fraction of sp³-hybridized carbons (Fsp3) is 0.462. The van der Waals surface area contributed by atoms with Crippen LogP contribution in [-0.2, 0) is 20.6 Å². The SMILES string of the molecule is OC[C@H]1O[C@H](O[C@H]2[C@H](O)[C@@H](O)[C@H](O)O[C@H]2/C(O)=C/c2ccccc2)[C@H](O)[C@H](O)[C@]1(O)Cc1ccccc1. The molecule has 4 rings (SSSR count). The third-order valence-electron chi connectivity index (χ3n) is 6.73. The van der Waals surface area contributed by atoms with E-state index in [4.69, 9.17) is 14.2 Å². The zero-order valence-corrected chi connectivity index (χ0v) is 19.8. The van der Waals surface area contributed by atoms with Gasteiger partial charge in [-0.3, -0.25) is 0 Å². The molecule has 11 nitrogen and oxygen atoms in total. The molecular weight excluding hydrogens is 488 g/mol. The van der Waals surface area contributed by atoms with Crippen molar-refractivity contribution in [3.05, 3.63) is 77.5 Å². The molecule has 0 aliphatic carbocycles. The summed E-state index contributed by atoms with van der Waals surface area (Å²) in [7, 11) is 0. The van der Waals surface area contributed by atoms with Crippen LogP contribution in [0.1, 0.15) is 11.1 Å². The van der Waals surface area contributed by atoms with E-state index in [9.17, 15) is 40.9 Å². The first kappa shape index (κ1) is 27.6. The molecule has 0 saturated carbocycles. The van der Waals surface area contributed by atoms with Crippen molar-refractivity contribution in [2.45, 2.75) is 67.3 Å². The Balaban J connectivity index is 1.58. The molecule has 2 fully saturated rings. The lowest BCUT2D eigenvalue weighted by Gasteiger charge is -2.49. The van der Waals surface area contributed by atoms with Gasteiger partial charge >= 0.3 is 0 Å². The second-order valence-electron chi connectivity index (χ2n) is 9.27. The maximum Gasteiger partial charge on any atom is 0.187 e. The second-order valence-corrected chi connectivity index (χ2v) is 9.27. The van der Waals surface area contributed by atoms with E-state index in [1.807, 2.05) is 0 Å². The van der Waals surface area contributed by atoms with Crippen molar-refractivity contribution >= 4 is 6.08 Å². The minimum absolute atomic E-state index is 0.159. The van der Waals surface area contributed by atoms with E-state index >= 15 is 0 Å². The minimum Gasteiger partial charge on any atom is -0.509 e. The average molecular weight is 521 g/mol. The predicted molar refractivity (Wildman–Crippen MR) is 128 cm³/mol. The number of rotatable bonds is 7. The maximum absolute atomic E-state index is 11.2. The van der Waals surface area contributed by atoms with E-state index in [0.29, 0.717) is 11.1 Å². The summed E-state index contributed by atoms with van der Waals surface area (Å²) in [5, 5.41) is 84.4. The molecule has 11 heteroatoms. The van der Waals surface area contributed by atoms with Crippen molar-refractivity contribution < 1.29 is 55.1 Å². The Bertz CT molecular complexity index is 1030. The van der Waals surface area contributed by atoms with Crippen molar-refractivity contribution in [3.8, 4) is 0 Å². The Morgan fingerprint density at radius 2 is 1.49 bits per heavy atom. The summed E-state index contributed by atoms with van der Waals surface area (Å²) >= 11 is 0. The Labute approximate surface area is 213 Å². The van der Waals surface area contributed by atoms with Crippen LogP contribution >= 0.6 is 0 Å². The molecule has 2 heterocycles. The summed E-state index contributed by atoms with van der Waals surface area (Å²) in [6, 6.07) is 17.2. The van der Waals surface area contributed by atoms with Gasteiger partial charge in [-0.2, -0.15) is 0 Å². The summed E-state index contributed by atoms with van der Waals surface area (Å²) in [6.07, 6.45) is -14.3. The molecule has 2 saturated heterocycles. The summed E-state index contributed by atoms with van der Waals surface area (Å²) in [4.78, 5) is 0. The van der Waals surface area contributed by atoms with Gasteiger partial charge in [-0.1, -0.05) is 60.7 Å². The molecule has 2 aromatic carbocycles. The third kappa shape index (κ3) is 5.71. The van der Waals surface area contributed by atoms with Gasteiger partial charge in [-0.25, -0.2) is 0 Å². The van der Waals surface area contributed by atoms with Crippen LogP contribution < -0.4 is 0 Å². The fourth-order valence-electron chi connectivity index (χ4n) is 4.65. The van der Waals surface area contributed by atoms with Gasteiger partial charge < -0.3 is 55.1 Å². The molecule has 0 aromatic heterocycles. The van der Waals surface area contributed by atoms with Gasteiger partial charge in [0, 0.05) is 6.42 Å². The van der Waals surface area contributed by atoms with Crippen LogP contribution in [0.15, 0.2) is 66.4 Å². The van der Waals surface area contributed by atoms with E-state index in [0.717, 1.165) is 0 Å². The van der Waals surface area contributed by atoms with Crippen molar-refractivity contribution in [2.24, 2.45) is 0 Å². The summed E-state index contributed by atoms with van der Waals surface area (Å²) < 4.78 is 16.6. The van der Waals surface area contributed by atoms with Crippen LogP contribution in [0, 0.1) is 0 Å². The Morgan fingerprint density at radius 1 is 0.865 bits per heavy atom. The predicted octanol–water partition coefficient (Wildman–Crippen LogP) is -1.18. The first-order chi connectivity index (χ1) is 17.7. The number of ether oxygens (including phenoxy) is 3. The average Bonchev–Trinajstić information content (AvgIpc) is 2.90. The lowest BCUT2D eigenvalue weighted by molar-refractivity contribution is -0.366. The van der Waals surface area contributed by atoms with Gasteiger partial charge in [0.15, 0.2) is 12.6 Å². The van der Waals surface area contributed by atoms with Crippen molar-refractivity contribution in [1.29, 1.82) is 0 Å². The van der Waals surface area contributed by atoms with Crippen LogP contribution in [0.3, 0.4) is 0 Å². The van der Waals surface area contributed by atoms with E-state index in [1.165, 1.54) is 6.08 Å². The molecule has 0 radical (unpaired) electrons. The smallest absolute Gasteiger partial charge is 0.187 e. The normalized spacial score (nSPS) is 38.9. The fourth-order valence-corrected chi connectivity index (χ4v) is 4.65. The highest BCUT2D eigenvalue weighted by atomic mass is 16.7. The van der Waals surface area contributed by atoms with E-state index in [-0.39, 0.29) is 6.42 Å². The molecular formula is C26H32O11. The quantitative estimate of drug-likeness (QED) is 0.205. The Kier molecular flexibility index (Phi) is 8.61. The van der Waals surface area contributed by atoms with Gasteiger partial charge in [0.25, 0.3) is 0 Å². The molecule has 8 N–H and O–H groups in total. The van der Waals surface area contributed by atoms with Crippen molar-refractivity contribution in [3.63, 3.8) is 0 Å². The van der Waals surface area contributed by atoms with Gasteiger partial charge in [-0.05, 0) is 17.2 Å². The highest BCUT2D eigenvalue weighted by Crippen LogP contribution is 2.36. The highest BCUT2D eigenvalue weighted by molar-refractivity contribution is 5.51. The Morgan fingerprint density at radius 3 is 2.11 bits per heavy atom. The minimum atomic E-state index is -2.10. The second kappa shape index (κ2) is 11.5. The maximum atomic E-state index is 11.2. The van der Waals surface area contributed by atoms with Crippen LogP contribution in [0.25, 0.3) is 6.08 Å². The summed E-state index contributed by atoms with van der Waals surface area (Å²) in [6.45, 7) is -0.749. The zero-order valence-electron chi connectivity index (χ0n) is 19.8. The van der Waals surface area contributed by atoms with Gasteiger partial charge in [0.2, 0.25) is 0 Å². The molecule has 0 bridgehead atoms. The zero-order chi connectivity index (χ0) is 26.7. The molecule has 2 aliphatic rings. The first-order valence-corrected chi connectivity index (χ1v) is 11.8. The molecule has 0 spiro atoms. The standard InChI is InChI=1S/C26H32O11/c27-13-17-26(34,12-15-9-5-2-6-10-15)23(32)20(31)25(35-17)37-22-18(29)19(30)24(33)36-21(22)16(28)11-14-7-3-1-4-8-14/h1-11,17-25,27-34H,12-13H2/b16-11-/t17-,18-,19-,20-,21+,22+,23+,24-,25-,26+/m1/s1. The number of hydrogen-bond acceptors (Lipinski definition) is 11. The molecule has 0 unspecified atom stereocenters. The monoisotopic (exact) mass is 520 g/mol. The van der Waals surface area contributed by atoms with Crippen LogP contribution in [0.2, 0.25) is 0 Å². The van der Waals surface area contributed by atoms with Gasteiger partial charge in [0.05, 0.1) is 6.61 Å².